The van der Waals surface area contributed by atoms with Crippen molar-refractivity contribution >= 4 is 23.4 Å². The van der Waals surface area contributed by atoms with Crippen LogP contribution in [0.3, 0.4) is 0 Å². The third-order valence-corrected chi connectivity index (χ3v) is 4.52. The van der Waals surface area contributed by atoms with Gasteiger partial charge in [0, 0.05) is 6.20 Å². The van der Waals surface area contributed by atoms with Crippen LogP contribution in [0.15, 0.2) is 40.3 Å². The molecule has 3 rings (SSSR count). The lowest BCUT2D eigenvalue weighted by atomic mass is 10.1. The van der Waals surface area contributed by atoms with E-state index in [4.69, 9.17) is 9.26 Å². The Hall–Kier alpha value is -2.55. The van der Waals surface area contributed by atoms with Crippen molar-refractivity contribution in [1.82, 2.24) is 24.8 Å². The number of ether oxygens (including phenoxy) is 1. The molecule has 3 aromatic heterocycles. The van der Waals surface area contributed by atoms with Crippen molar-refractivity contribution in [1.29, 1.82) is 0 Å². The minimum atomic E-state index is -0.825. The van der Waals surface area contributed by atoms with E-state index in [-0.39, 0.29) is 0 Å². The van der Waals surface area contributed by atoms with Crippen molar-refractivity contribution in [3.05, 3.63) is 42.3 Å². The van der Waals surface area contributed by atoms with Gasteiger partial charge in [-0.1, -0.05) is 23.0 Å². The van der Waals surface area contributed by atoms with Crippen LogP contribution in [0.4, 0.5) is 4.79 Å². The molecule has 0 aliphatic heterocycles. The number of fused-ring (bicyclic) bond motifs is 1. The van der Waals surface area contributed by atoms with Gasteiger partial charge in [0.2, 0.25) is 5.89 Å². The van der Waals surface area contributed by atoms with E-state index in [0.29, 0.717) is 17.5 Å². The van der Waals surface area contributed by atoms with Crippen LogP contribution in [0, 0.1) is 0 Å². The second-order valence-electron chi connectivity index (χ2n) is 7.59. The summed E-state index contributed by atoms with van der Waals surface area (Å²) in [5.74, 6) is 1.32. The number of hydrogen-bond acceptors (Lipinski definition) is 7. The van der Waals surface area contributed by atoms with E-state index in [9.17, 15) is 4.79 Å². The third kappa shape index (κ3) is 4.79. The molecule has 9 heteroatoms. The highest BCUT2D eigenvalue weighted by atomic mass is 32.2. The van der Waals surface area contributed by atoms with Crippen molar-refractivity contribution in [2.24, 2.45) is 0 Å². The maximum absolute atomic E-state index is 12.0. The van der Waals surface area contributed by atoms with Gasteiger partial charge in [0.15, 0.2) is 11.0 Å². The highest BCUT2D eigenvalue weighted by molar-refractivity contribution is 7.98. The fourth-order valence-electron chi connectivity index (χ4n) is 2.33. The number of thioether (sulfide) groups is 1. The van der Waals surface area contributed by atoms with Gasteiger partial charge in [0.25, 0.3) is 0 Å². The number of amides is 1. The Kier molecular flexibility index (Phi) is 5.14. The molecular formula is C18H23N5O3S. The normalized spacial score (nSPS) is 12.3. The molecule has 1 amide bonds. The zero-order chi connectivity index (χ0) is 19.7. The number of pyridine rings is 1. The Balaban J connectivity index is 1.64. The first-order valence-electron chi connectivity index (χ1n) is 8.53. The van der Waals surface area contributed by atoms with Gasteiger partial charge in [-0.05, 0) is 46.8 Å². The molecule has 0 fully saturated rings. The molecule has 1 N–H and O–H groups in total. The Labute approximate surface area is 161 Å². The first kappa shape index (κ1) is 19.2. The Morgan fingerprint density at radius 1 is 1.30 bits per heavy atom. The van der Waals surface area contributed by atoms with Crippen LogP contribution < -0.4 is 5.32 Å². The monoisotopic (exact) mass is 389 g/mol. The second-order valence-corrected chi connectivity index (χ2v) is 8.53. The van der Waals surface area contributed by atoms with Crippen LogP contribution in [0.5, 0.6) is 0 Å². The number of carbonyl (C=O) groups excluding carboxylic acids is 1. The lowest BCUT2D eigenvalue weighted by Crippen LogP contribution is -2.44. The van der Waals surface area contributed by atoms with Crippen LogP contribution >= 0.6 is 11.8 Å². The number of carbonyl (C=O) groups is 1. The third-order valence-electron chi connectivity index (χ3n) is 3.57. The first-order valence-corrected chi connectivity index (χ1v) is 9.52. The van der Waals surface area contributed by atoms with Gasteiger partial charge in [-0.3, -0.25) is 4.40 Å². The summed E-state index contributed by atoms with van der Waals surface area (Å²) in [5.41, 5.74) is -0.380. The number of nitrogens with zero attached hydrogens (tertiary/aromatic N) is 4. The van der Waals surface area contributed by atoms with E-state index in [0.717, 1.165) is 10.7 Å². The summed E-state index contributed by atoms with van der Waals surface area (Å²) < 4.78 is 12.6. The summed E-state index contributed by atoms with van der Waals surface area (Å²) in [7, 11) is 0. The Morgan fingerprint density at radius 3 is 2.81 bits per heavy atom. The van der Waals surface area contributed by atoms with Gasteiger partial charge in [0.1, 0.15) is 11.1 Å². The lowest BCUT2D eigenvalue weighted by Gasteiger charge is -2.26. The van der Waals surface area contributed by atoms with Gasteiger partial charge >= 0.3 is 6.09 Å². The van der Waals surface area contributed by atoms with Crippen molar-refractivity contribution in [2.45, 2.75) is 56.7 Å². The first-order chi connectivity index (χ1) is 12.6. The van der Waals surface area contributed by atoms with Crippen LogP contribution in [0.25, 0.3) is 5.52 Å². The van der Waals surface area contributed by atoms with Gasteiger partial charge in [-0.25, -0.2) is 9.78 Å². The SMILES string of the molecule is CC(C)(C)OC(=O)NC(C)(C)c1noc(CSc2ncc3ccccn23)n1. The maximum Gasteiger partial charge on any atom is 0.408 e. The number of aromatic nitrogens is 4. The van der Waals surface area contributed by atoms with Crippen molar-refractivity contribution in [3.8, 4) is 0 Å². The highest BCUT2D eigenvalue weighted by Crippen LogP contribution is 2.24. The molecule has 0 bridgehead atoms. The van der Waals surface area contributed by atoms with E-state index in [1.165, 1.54) is 11.8 Å². The number of rotatable bonds is 5. The molecule has 0 unspecified atom stereocenters. The maximum atomic E-state index is 12.0. The standard InChI is InChI=1S/C18H23N5O3S/c1-17(2,3)25-16(24)21-18(4,5)14-20-13(26-22-14)11-27-15-19-10-12-8-6-7-9-23(12)15/h6-10H,11H2,1-5H3,(H,21,24). The topological polar surface area (TPSA) is 94.5 Å². The fraction of sp³-hybridized carbons (Fsp3) is 0.444. The molecule has 27 heavy (non-hydrogen) atoms. The second kappa shape index (κ2) is 7.22. The van der Waals surface area contributed by atoms with E-state index in [2.05, 4.69) is 20.4 Å². The smallest absolute Gasteiger partial charge is 0.408 e. The van der Waals surface area contributed by atoms with Crippen LogP contribution in [-0.2, 0) is 16.0 Å². The summed E-state index contributed by atoms with van der Waals surface area (Å²) in [6.07, 6.45) is 3.24. The molecule has 0 aliphatic carbocycles. The molecule has 0 spiro atoms. The molecule has 8 nitrogen and oxygen atoms in total. The zero-order valence-corrected chi connectivity index (χ0v) is 16.8. The molecule has 3 heterocycles. The van der Waals surface area contributed by atoms with Gasteiger partial charge in [-0.15, -0.1) is 0 Å². The lowest BCUT2D eigenvalue weighted by molar-refractivity contribution is 0.0465. The average molecular weight is 389 g/mol. The molecule has 0 radical (unpaired) electrons. The number of imidazole rings is 1. The van der Waals surface area contributed by atoms with Crippen LogP contribution in [-0.4, -0.2) is 31.2 Å². The number of nitrogens with one attached hydrogen (secondary N) is 1. The molecule has 144 valence electrons. The minimum absolute atomic E-state index is 0.386. The quantitative estimate of drug-likeness (QED) is 0.664. The number of hydrogen-bond donors (Lipinski definition) is 1. The van der Waals surface area contributed by atoms with E-state index < -0.39 is 17.2 Å². The average Bonchev–Trinajstić information content (AvgIpc) is 3.18. The Morgan fingerprint density at radius 2 is 2.07 bits per heavy atom. The van der Waals surface area contributed by atoms with E-state index in [1.54, 1.807) is 13.8 Å². The summed E-state index contributed by atoms with van der Waals surface area (Å²) in [6, 6.07) is 5.91. The summed E-state index contributed by atoms with van der Waals surface area (Å²) >= 11 is 1.50. The zero-order valence-electron chi connectivity index (χ0n) is 16.0. The molecule has 0 saturated carbocycles. The highest BCUT2D eigenvalue weighted by Gasteiger charge is 2.31. The van der Waals surface area contributed by atoms with Crippen LogP contribution in [0.2, 0.25) is 0 Å². The van der Waals surface area contributed by atoms with Crippen molar-refractivity contribution in [3.63, 3.8) is 0 Å². The van der Waals surface area contributed by atoms with Gasteiger partial charge in [0.05, 0.1) is 17.5 Å². The molecular weight excluding hydrogens is 366 g/mol. The molecule has 0 saturated heterocycles. The van der Waals surface area contributed by atoms with E-state index >= 15 is 0 Å². The minimum Gasteiger partial charge on any atom is -0.444 e. The molecule has 3 aromatic rings. The molecule has 0 atom stereocenters. The molecule has 0 aliphatic rings. The van der Waals surface area contributed by atoms with Gasteiger partial charge in [-0.2, -0.15) is 4.98 Å². The van der Waals surface area contributed by atoms with Gasteiger partial charge < -0.3 is 14.6 Å². The summed E-state index contributed by atoms with van der Waals surface area (Å²) in [5, 5.41) is 7.61. The Bertz CT molecular complexity index is 942. The van der Waals surface area contributed by atoms with Crippen LogP contribution in [0.1, 0.15) is 46.3 Å². The number of alkyl carbamates (subject to hydrolysis) is 1. The molecule has 0 aromatic carbocycles. The predicted octanol–water partition coefficient (Wildman–Crippen LogP) is 3.77. The fourth-order valence-corrected chi connectivity index (χ4v) is 3.14. The van der Waals surface area contributed by atoms with Crippen molar-refractivity contribution < 1.29 is 14.1 Å². The summed E-state index contributed by atoms with van der Waals surface area (Å²) in [4.78, 5) is 20.8. The van der Waals surface area contributed by atoms with Crippen molar-refractivity contribution in [2.75, 3.05) is 0 Å². The summed E-state index contributed by atoms with van der Waals surface area (Å²) in [6.45, 7) is 9.01. The predicted molar refractivity (Wildman–Crippen MR) is 101 cm³/mol. The van der Waals surface area contributed by atoms with E-state index in [1.807, 2.05) is 55.8 Å². The largest absolute Gasteiger partial charge is 0.444 e.